The fourth-order valence-electron chi connectivity index (χ4n) is 3.13. The topological polar surface area (TPSA) is 81.0 Å². The van der Waals surface area contributed by atoms with Crippen LogP contribution in [0.25, 0.3) is 0 Å². The number of aryl methyl sites for hydroxylation is 3. The Kier molecular flexibility index (Phi) is 4.04. The van der Waals surface area contributed by atoms with Crippen LogP contribution < -0.4 is 16.2 Å². The van der Waals surface area contributed by atoms with Gasteiger partial charge < -0.3 is 15.2 Å². The van der Waals surface area contributed by atoms with E-state index in [1.807, 2.05) is 20.2 Å². The van der Waals surface area contributed by atoms with E-state index in [1.54, 1.807) is 30.2 Å². The number of hydrogen-bond donors (Lipinski definition) is 2. The predicted molar refractivity (Wildman–Crippen MR) is 87.4 cm³/mol. The summed E-state index contributed by atoms with van der Waals surface area (Å²) in [7, 11) is 3.54. The lowest BCUT2D eigenvalue weighted by molar-refractivity contribution is -0.119. The van der Waals surface area contributed by atoms with Crippen molar-refractivity contribution in [3.63, 3.8) is 0 Å². The highest BCUT2D eigenvalue weighted by atomic mass is 16.2. The molecule has 0 unspecified atom stereocenters. The summed E-state index contributed by atoms with van der Waals surface area (Å²) in [5.41, 5.74) is 2.09. The first-order valence-electron chi connectivity index (χ1n) is 7.63. The van der Waals surface area contributed by atoms with Crippen molar-refractivity contribution in [3.8, 4) is 0 Å². The zero-order chi connectivity index (χ0) is 16.6. The molecule has 7 nitrogen and oxygen atoms in total. The third kappa shape index (κ3) is 3.05. The van der Waals surface area contributed by atoms with E-state index in [1.165, 1.54) is 4.57 Å². The van der Waals surface area contributed by atoms with Crippen LogP contribution in [0.15, 0.2) is 29.5 Å². The molecule has 0 aromatic carbocycles. The van der Waals surface area contributed by atoms with E-state index >= 15 is 0 Å². The second-order valence-corrected chi connectivity index (χ2v) is 6.16. The zero-order valence-electron chi connectivity index (χ0n) is 13.5. The lowest BCUT2D eigenvalue weighted by Gasteiger charge is -2.17. The molecule has 0 radical (unpaired) electrons. The summed E-state index contributed by atoms with van der Waals surface area (Å²) < 4.78 is 3.22. The molecule has 122 valence electrons. The summed E-state index contributed by atoms with van der Waals surface area (Å²) in [6.07, 6.45) is 5.47. The van der Waals surface area contributed by atoms with Crippen molar-refractivity contribution >= 4 is 11.6 Å². The Morgan fingerprint density at radius 2 is 2.13 bits per heavy atom. The number of anilines is 1. The van der Waals surface area contributed by atoms with Crippen molar-refractivity contribution in [2.75, 3.05) is 18.4 Å². The van der Waals surface area contributed by atoms with E-state index in [0.717, 1.165) is 17.7 Å². The molecule has 1 amide bonds. The van der Waals surface area contributed by atoms with Crippen LogP contribution in [0, 0.1) is 12.8 Å². The van der Waals surface area contributed by atoms with Crippen LogP contribution in [-0.2, 0) is 18.9 Å². The normalized spacial score (nSPS) is 20.7. The van der Waals surface area contributed by atoms with E-state index < -0.39 is 0 Å². The molecule has 2 atom stereocenters. The predicted octanol–water partition coefficient (Wildman–Crippen LogP) is 0.369. The highest BCUT2D eigenvalue weighted by Crippen LogP contribution is 2.28. The molecule has 2 aromatic rings. The van der Waals surface area contributed by atoms with Crippen molar-refractivity contribution in [1.82, 2.24) is 19.7 Å². The molecule has 0 saturated carbocycles. The minimum absolute atomic E-state index is 0.0670. The Bertz CT molecular complexity index is 792. The van der Waals surface area contributed by atoms with E-state index in [4.69, 9.17) is 0 Å². The molecule has 3 heterocycles. The number of carbonyl (C=O) groups is 1. The number of pyridine rings is 1. The number of aromatic nitrogens is 3. The summed E-state index contributed by atoms with van der Waals surface area (Å²) in [6.45, 7) is 3.22. The largest absolute Gasteiger partial charge is 0.321 e. The monoisotopic (exact) mass is 315 g/mol. The zero-order valence-corrected chi connectivity index (χ0v) is 13.5. The Balaban J connectivity index is 1.81. The van der Waals surface area contributed by atoms with Gasteiger partial charge in [0.15, 0.2) is 0 Å². The minimum atomic E-state index is -0.218. The standard InChI is InChI=1S/C16H21N5O2/c1-10-4-14(16(23)20(2)8-10)19-15(22)13-7-17-6-12(13)11-5-18-21(3)9-11/h4-5,8-9,12-13,17H,6-7H2,1-3H3,(H,19,22)/t12-,13+/m1/s1. The van der Waals surface area contributed by atoms with Crippen LogP contribution in [0.4, 0.5) is 5.69 Å². The van der Waals surface area contributed by atoms with Crippen molar-refractivity contribution < 1.29 is 4.79 Å². The Morgan fingerprint density at radius 3 is 2.83 bits per heavy atom. The van der Waals surface area contributed by atoms with Crippen LogP contribution in [0.1, 0.15) is 17.0 Å². The van der Waals surface area contributed by atoms with Gasteiger partial charge in [0, 0.05) is 45.5 Å². The van der Waals surface area contributed by atoms with Crippen molar-refractivity contribution in [1.29, 1.82) is 0 Å². The summed E-state index contributed by atoms with van der Waals surface area (Å²) >= 11 is 0. The lowest BCUT2D eigenvalue weighted by Crippen LogP contribution is -2.31. The number of amides is 1. The minimum Gasteiger partial charge on any atom is -0.321 e. The number of rotatable bonds is 3. The SMILES string of the molecule is Cc1cc(NC(=O)[C@H]2CNC[C@@H]2c2cnn(C)c2)c(=O)n(C)c1. The molecule has 23 heavy (non-hydrogen) atoms. The molecule has 7 heteroatoms. The molecule has 1 aliphatic rings. The summed E-state index contributed by atoms with van der Waals surface area (Å²) in [5, 5.41) is 10.2. The first-order chi connectivity index (χ1) is 11.0. The molecule has 0 bridgehead atoms. The summed E-state index contributed by atoms with van der Waals surface area (Å²) in [6, 6.07) is 1.71. The maximum absolute atomic E-state index is 12.7. The van der Waals surface area contributed by atoms with Crippen molar-refractivity contribution in [3.05, 3.63) is 46.1 Å². The smallest absolute Gasteiger partial charge is 0.274 e. The quantitative estimate of drug-likeness (QED) is 0.857. The third-order valence-electron chi connectivity index (χ3n) is 4.28. The van der Waals surface area contributed by atoms with Crippen LogP contribution in [-0.4, -0.2) is 33.3 Å². The van der Waals surface area contributed by atoms with Crippen LogP contribution in [0.2, 0.25) is 0 Å². The van der Waals surface area contributed by atoms with Gasteiger partial charge in [-0.3, -0.25) is 14.3 Å². The van der Waals surface area contributed by atoms with Gasteiger partial charge in [-0.2, -0.15) is 5.10 Å². The van der Waals surface area contributed by atoms with E-state index in [9.17, 15) is 9.59 Å². The number of nitrogens with one attached hydrogen (secondary N) is 2. The molecule has 2 N–H and O–H groups in total. The van der Waals surface area contributed by atoms with Crippen molar-refractivity contribution in [2.24, 2.45) is 20.0 Å². The number of carbonyl (C=O) groups excluding carboxylic acids is 1. The van der Waals surface area contributed by atoms with Gasteiger partial charge in [0.1, 0.15) is 5.69 Å². The molecule has 1 aliphatic heterocycles. The second kappa shape index (κ2) is 6.00. The van der Waals surface area contributed by atoms with Gasteiger partial charge in [-0.1, -0.05) is 0 Å². The molecule has 3 rings (SSSR count). The molecule has 0 aliphatic carbocycles. The van der Waals surface area contributed by atoms with Gasteiger partial charge in [0.25, 0.3) is 5.56 Å². The van der Waals surface area contributed by atoms with Gasteiger partial charge in [0.05, 0.1) is 12.1 Å². The van der Waals surface area contributed by atoms with Crippen LogP contribution in [0.5, 0.6) is 0 Å². The van der Waals surface area contributed by atoms with E-state index in [0.29, 0.717) is 12.2 Å². The van der Waals surface area contributed by atoms with Crippen LogP contribution in [0.3, 0.4) is 0 Å². The fourth-order valence-corrected chi connectivity index (χ4v) is 3.13. The summed E-state index contributed by atoms with van der Waals surface area (Å²) in [5.74, 6) is -0.284. The van der Waals surface area contributed by atoms with E-state index in [-0.39, 0.29) is 23.3 Å². The third-order valence-corrected chi connectivity index (χ3v) is 4.28. The van der Waals surface area contributed by atoms with Gasteiger partial charge >= 0.3 is 0 Å². The average Bonchev–Trinajstić information content (AvgIpc) is 3.12. The Labute approximate surface area is 134 Å². The highest BCUT2D eigenvalue weighted by Gasteiger charge is 2.35. The van der Waals surface area contributed by atoms with Crippen LogP contribution >= 0.6 is 0 Å². The van der Waals surface area contributed by atoms with E-state index in [2.05, 4.69) is 15.7 Å². The second-order valence-electron chi connectivity index (χ2n) is 6.16. The molecule has 1 fully saturated rings. The fraction of sp³-hybridized carbons (Fsp3) is 0.438. The Hall–Kier alpha value is -2.41. The van der Waals surface area contributed by atoms with Gasteiger partial charge in [-0.25, -0.2) is 0 Å². The number of nitrogens with zero attached hydrogens (tertiary/aromatic N) is 3. The lowest BCUT2D eigenvalue weighted by atomic mass is 9.90. The molecule has 1 saturated heterocycles. The first kappa shape index (κ1) is 15.5. The molecular formula is C16H21N5O2. The summed E-state index contributed by atoms with van der Waals surface area (Å²) in [4.78, 5) is 24.8. The molecule has 0 spiro atoms. The molecular weight excluding hydrogens is 294 g/mol. The van der Waals surface area contributed by atoms with Crippen molar-refractivity contribution in [2.45, 2.75) is 12.8 Å². The Morgan fingerprint density at radius 1 is 1.35 bits per heavy atom. The first-order valence-corrected chi connectivity index (χ1v) is 7.63. The maximum Gasteiger partial charge on any atom is 0.274 e. The van der Waals surface area contributed by atoms with Gasteiger partial charge in [-0.15, -0.1) is 0 Å². The molecule has 2 aromatic heterocycles. The van der Waals surface area contributed by atoms with Gasteiger partial charge in [0.2, 0.25) is 5.91 Å². The maximum atomic E-state index is 12.7. The highest BCUT2D eigenvalue weighted by molar-refractivity contribution is 5.93. The van der Waals surface area contributed by atoms with Gasteiger partial charge in [-0.05, 0) is 24.1 Å². The average molecular weight is 315 g/mol. The number of hydrogen-bond acceptors (Lipinski definition) is 4.